The summed E-state index contributed by atoms with van der Waals surface area (Å²) in [6.45, 7) is 3.60. The Morgan fingerprint density at radius 3 is 2.81 bits per heavy atom. The maximum absolute atomic E-state index is 12.0. The highest BCUT2D eigenvalue weighted by Crippen LogP contribution is 2.46. The second-order valence-electron chi connectivity index (χ2n) is 5.16. The van der Waals surface area contributed by atoms with E-state index >= 15 is 0 Å². The topological polar surface area (TPSA) is 29.1 Å². The Labute approximate surface area is 96.1 Å². The van der Waals surface area contributed by atoms with Gasteiger partial charge in [0.1, 0.15) is 0 Å². The van der Waals surface area contributed by atoms with Gasteiger partial charge in [-0.3, -0.25) is 4.79 Å². The average Bonchev–Trinajstić information content (AvgIpc) is 2.36. The number of Topliss-reactive ketones (excluding diaryl/α,β-unsaturated/α-hetero) is 1. The quantitative estimate of drug-likeness (QED) is 0.719. The van der Waals surface area contributed by atoms with Crippen LogP contribution in [0.3, 0.4) is 0 Å². The van der Waals surface area contributed by atoms with Crippen LogP contribution >= 0.6 is 0 Å². The first kappa shape index (κ1) is 10.0. The second kappa shape index (κ2) is 3.42. The van der Waals surface area contributed by atoms with Crippen LogP contribution in [0.5, 0.6) is 0 Å². The van der Waals surface area contributed by atoms with E-state index in [0.717, 1.165) is 12.1 Å². The van der Waals surface area contributed by atoms with Gasteiger partial charge in [0, 0.05) is 17.5 Å². The number of benzene rings is 1. The van der Waals surface area contributed by atoms with Crippen LogP contribution in [0, 0.1) is 6.92 Å². The minimum absolute atomic E-state index is 0.252. The standard InChI is InChI=1S/C14H17NO/c1-10-4-2-5-11-12(16)8-15-9-14(13(10)11)6-3-7-14/h2,4-5,15H,3,6-9H2,1H3. The number of carbonyl (C=O) groups excluding carboxylic acids is 1. The van der Waals surface area contributed by atoms with Crippen LogP contribution in [0.1, 0.15) is 40.7 Å². The number of nitrogens with one attached hydrogen (secondary N) is 1. The molecule has 2 nitrogen and oxygen atoms in total. The number of rotatable bonds is 0. The SMILES string of the molecule is Cc1cccc2c1C1(CCC1)CNCC2=O. The van der Waals surface area contributed by atoms with Crippen molar-refractivity contribution in [3.63, 3.8) is 0 Å². The van der Waals surface area contributed by atoms with Crippen LogP contribution in [0.15, 0.2) is 18.2 Å². The number of hydrogen-bond donors (Lipinski definition) is 1. The third-order valence-corrected chi connectivity index (χ3v) is 4.16. The highest BCUT2D eigenvalue weighted by atomic mass is 16.1. The molecule has 2 heteroatoms. The van der Waals surface area contributed by atoms with E-state index in [9.17, 15) is 4.79 Å². The predicted octanol–water partition coefficient (Wildman–Crippen LogP) is 2.20. The van der Waals surface area contributed by atoms with Crippen LogP contribution in [0.4, 0.5) is 0 Å². The molecule has 0 amide bonds. The molecule has 1 fully saturated rings. The van der Waals surface area contributed by atoms with E-state index in [4.69, 9.17) is 0 Å². The van der Waals surface area contributed by atoms with Gasteiger partial charge in [0.05, 0.1) is 6.54 Å². The molecule has 0 aromatic heterocycles. The molecule has 0 unspecified atom stereocenters. The summed E-state index contributed by atoms with van der Waals surface area (Å²) in [6, 6.07) is 6.14. The number of carbonyl (C=O) groups is 1. The van der Waals surface area contributed by atoms with E-state index in [1.165, 1.54) is 30.4 Å². The summed E-state index contributed by atoms with van der Waals surface area (Å²) in [6.07, 6.45) is 3.75. The van der Waals surface area contributed by atoms with E-state index in [2.05, 4.69) is 18.3 Å². The van der Waals surface area contributed by atoms with Gasteiger partial charge in [0.2, 0.25) is 0 Å². The molecule has 1 N–H and O–H groups in total. The monoisotopic (exact) mass is 215 g/mol. The van der Waals surface area contributed by atoms with Gasteiger partial charge in [-0.2, -0.15) is 0 Å². The van der Waals surface area contributed by atoms with Crippen molar-refractivity contribution < 1.29 is 4.79 Å². The molecule has 3 rings (SSSR count). The van der Waals surface area contributed by atoms with Crippen molar-refractivity contribution in [3.05, 3.63) is 34.9 Å². The zero-order valence-electron chi connectivity index (χ0n) is 9.68. The number of fused-ring (bicyclic) bond motifs is 2. The molecule has 84 valence electrons. The van der Waals surface area contributed by atoms with Crippen molar-refractivity contribution in [1.29, 1.82) is 0 Å². The van der Waals surface area contributed by atoms with Gasteiger partial charge in [-0.05, 0) is 30.9 Å². The zero-order chi connectivity index (χ0) is 11.2. The van der Waals surface area contributed by atoms with Crippen LogP contribution < -0.4 is 5.32 Å². The normalized spacial score (nSPS) is 22.4. The van der Waals surface area contributed by atoms with E-state index in [0.29, 0.717) is 6.54 Å². The number of aryl methyl sites for hydroxylation is 1. The summed E-state index contributed by atoms with van der Waals surface area (Å²) in [5.74, 6) is 0.252. The first-order valence-electron chi connectivity index (χ1n) is 6.07. The Balaban J connectivity index is 2.22. The van der Waals surface area contributed by atoms with Crippen molar-refractivity contribution in [2.75, 3.05) is 13.1 Å². The molecule has 16 heavy (non-hydrogen) atoms. The Morgan fingerprint density at radius 1 is 1.31 bits per heavy atom. The average molecular weight is 215 g/mol. The lowest BCUT2D eigenvalue weighted by Crippen LogP contribution is -2.43. The number of hydrogen-bond acceptors (Lipinski definition) is 2. The van der Waals surface area contributed by atoms with E-state index < -0.39 is 0 Å². The van der Waals surface area contributed by atoms with Crippen LogP contribution in [-0.4, -0.2) is 18.9 Å². The number of ketones is 1. The first-order valence-corrected chi connectivity index (χ1v) is 6.07. The van der Waals surface area contributed by atoms with Crippen LogP contribution in [0.2, 0.25) is 0 Å². The second-order valence-corrected chi connectivity index (χ2v) is 5.16. The molecule has 1 aromatic carbocycles. The predicted molar refractivity (Wildman–Crippen MR) is 63.9 cm³/mol. The van der Waals surface area contributed by atoms with E-state index in [1.54, 1.807) is 0 Å². The third-order valence-electron chi connectivity index (χ3n) is 4.16. The molecular weight excluding hydrogens is 198 g/mol. The molecule has 0 saturated heterocycles. The molecule has 2 aliphatic rings. The molecular formula is C14H17NO. The van der Waals surface area contributed by atoms with Crippen molar-refractivity contribution in [2.45, 2.75) is 31.6 Å². The van der Waals surface area contributed by atoms with Crippen molar-refractivity contribution >= 4 is 5.78 Å². The fraction of sp³-hybridized carbons (Fsp3) is 0.500. The maximum Gasteiger partial charge on any atom is 0.176 e. The summed E-state index contributed by atoms with van der Waals surface area (Å²) < 4.78 is 0. The zero-order valence-corrected chi connectivity index (χ0v) is 9.68. The first-order chi connectivity index (χ1) is 7.73. The Kier molecular flexibility index (Phi) is 2.15. The summed E-state index contributed by atoms with van der Waals surface area (Å²) >= 11 is 0. The molecule has 1 spiro atoms. The fourth-order valence-electron chi connectivity index (χ4n) is 3.23. The summed E-state index contributed by atoms with van der Waals surface area (Å²) in [5, 5.41) is 3.31. The van der Waals surface area contributed by atoms with Crippen molar-refractivity contribution in [1.82, 2.24) is 5.32 Å². The van der Waals surface area contributed by atoms with E-state index in [-0.39, 0.29) is 11.2 Å². The summed E-state index contributed by atoms with van der Waals surface area (Å²) in [4.78, 5) is 12.0. The summed E-state index contributed by atoms with van der Waals surface area (Å²) in [7, 11) is 0. The lowest BCUT2D eigenvalue weighted by atomic mass is 9.62. The Bertz CT molecular complexity index is 446. The molecule has 1 aromatic rings. The Morgan fingerprint density at radius 2 is 2.12 bits per heavy atom. The minimum Gasteiger partial charge on any atom is -0.309 e. The maximum atomic E-state index is 12.0. The molecule has 0 atom stereocenters. The van der Waals surface area contributed by atoms with E-state index in [1.807, 2.05) is 12.1 Å². The molecule has 1 heterocycles. The van der Waals surface area contributed by atoms with Crippen molar-refractivity contribution in [2.24, 2.45) is 0 Å². The van der Waals surface area contributed by atoms with Gasteiger partial charge in [-0.25, -0.2) is 0 Å². The lowest BCUT2D eigenvalue weighted by Gasteiger charge is -2.43. The summed E-state index contributed by atoms with van der Waals surface area (Å²) in [5.41, 5.74) is 3.84. The molecule has 1 saturated carbocycles. The molecule has 0 radical (unpaired) electrons. The van der Waals surface area contributed by atoms with Gasteiger partial charge in [-0.1, -0.05) is 24.6 Å². The van der Waals surface area contributed by atoms with Crippen LogP contribution in [0.25, 0.3) is 0 Å². The third kappa shape index (κ3) is 1.26. The highest BCUT2D eigenvalue weighted by Gasteiger charge is 2.42. The van der Waals surface area contributed by atoms with Gasteiger partial charge in [0.25, 0.3) is 0 Å². The van der Waals surface area contributed by atoms with Gasteiger partial charge in [-0.15, -0.1) is 0 Å². The smallest absolute Gasteiger partial charge is 0.176 e. The van der Waals surface area contributed by atoms with Gasteiger partial charge >= 0.3 is 0 Å². The molecule has 1 aliphatic carbocycles. The molecule has 1 aliphatic heterocycles. The highest BCUT2D eigenvalue weighted by molar-refractivity contribution is 6.00. The van der Waals surface area contributed by atoms with Gasteiger partial charge in [0.15, 0.2) is 5.78 Å². The Hall–Kier alpha value is -1.15. The molecule has 0 bridgehead atoms. The van der Waals surface area contributed by atoms with Crippen molar-refractivity contribution in [3.8, 4) is 0 Å². The fourth-order valence-corrected chi connectivity index (χ4v) is 3.23. The lowest BCUT2D eigenvalue weighted by molar-refractivity contribution is 0.0993. The van der Waals surface area contributed by atoms with Gasteiger partial charge < -0.3 is 5.32 Å². The minimum atomic E-state index is 0.252. The van der Waals surface area contributed by atoms with Crippen LogP contribution in [-0.2, 0) is 5.41 Å². The largest absolute Gasteiger partial charge is 0.309 e.